The van der Waals surface area contributed by atoms with E-state index in [2.05, 4.69) is 0 Å². The van der Waals surface area contributed by atoms with Crippen molar-refractivity contribution < 1.29 is 23.3 Å². The Bertz CT molecular complexity index is 678. The fourth-order valence-electron chi connectivity index (χ4n) is 3.92. The van der Waals surface area contributed by atoms with Crippen LogP contribution in [0.25, 0.3) is 0 Å². The van der Waals surface area contributed by atoms with Gasteiger partial charge in [-0.1, -0.05) is 17.7 Å². The standard InChI is InChI=1S/C17H21NO5S/c1-3-21-15-14-17(16(19)22-15,13-5-4-10-18(13)23-14)24(20)12-8-6-11(2)7-9-12/h6-9,13-15H,3-5,10H2,1-2H3/t13-,14-,15-,17+,24?/m0/s1. The summed E-state index contributed by atoms with van der Waals surface area (Å²) >= 11 is 0. The van der Waals surface area contributed by atoms with Crippen LogP contribution in [0.3, 0.4) is 0 Å². The van der Waals surface area contributed by atoms with Gasteiger partial charge in [-0.2, -0.15) is 5.06 Å². The van der Waals surface area contributed by atoms with Crippen LogP contribution < -0.4 is 0 Å². The molecule has 3 aliphatic heterocycles. The van der Waals surface area contributed by atoms with E-state index in [0.29, 0.717) is 11.5 Å². The van der Waals surface area contributed by atoms with Crippen LogP contribution in [0, 0.1) is 6.92 Å². The number of cyclic esters (lactones) is 1. The fraction of sp³-hybridized carbons (Fsp3) is 0.588. The third-order valence-electron chi connectivity index (χ3n) is 5.03. The molecule has 6 nitrogen and oxygen atoms in total. The zero-order chi connectivity index (χ0) is 16.9. The molecule has 0 radical (unpaired) electrons. The second-order valence-electron chi connectivity index (χ2n) is 6.43. The Labute approximate surface area is 143 Å². The number of carbonyl (C=O) groups is 1. The lowest BCUT2D eigenvalue weighted by Crippen LogP contribution is -2.54. The van der Waals surface area contributed by atoms with E-state index in [-0.39, 0.29) is 6.04 Å². The minimum atomic E-state index is -1.58. The number of hydrogen-bond acceptors (Lipinski definition) is 6. The van der Waals surface area contributed by atoms with Gasteiger partial charge in [-0.05, 0) is 38.8 Å². The van der Waals surface area contributed by atoms with Crippen molar-refractivity contribution in [3.8, 4) is 0 Å². The number of fused-ring (bicyclic) bond motifs is 3. The van der Waals surface area contributed by atoms with Gasteiger partial charge in [0.15, 0.2) is 10.9 Å². The maximum atomic E-state index is 13.5. The average molecular weight is 351 g/mol. The predicted octanol–water partition coefficient (Wildman–Crippen LogP) is 1.54. The molecule has 0 saturated carbocycles. The molecule has 5 atom stereocenters. The number of esters is 1. The van der Waals surface area contributed by atoms with Crippen molar-refractivity contribution in [3.63, 3.8) is 0 Å². The first-order chi connectivity index (χ1) is 11.6. The lowest BCUT2D eigenvalue weighted by atomic mass is 9.94. The van der Waals surface area contributed by atoms with Gasteiger partial charge in [0.05, 0.1) is 16.8 Å². The fourth-order valence-corrected chi connectivity index (χ4v) is 5.74. The summed E-state index contributed by atoms with van der Waals surface area (Å²) < 4.78 is 23.3. The van der Waals surface area contributed by atoms with Gasteiger partial charge < -0.3 is 9.47 Å². The summed E-state index contributed by atoms with van der Waals surface area (Å²) in [5.41, 5.74) is 1.08. The predicted molar refractivity (Wildman–Crippen MR) is 86.4 cm³/mol. The van der Waals surface area contributed by atoms with Gasteiger partial charge in [-0.3, -0.25) is 13.8 Å². The molecule has 1 unspecified atom stereocenters. The van der Waals surface area contributed by atoms with Crippen molar-refractivity contribution in [1.29, 1.82) is 0 Å². The van der Waals surface area contributed by atoms with Gasteiger partial charge in [0.1, 0.15) is 0 Å². The number of ether oxygens (including phenoxy) is 2. The topological polar surface area (TPSA) is 65.1 Å². The second-order valence-corrected chi connectivity index (χ2v) is 8.11. The summed E-state index contributed by atoms with van der Waals surface area (Å²) in [7, 11) is -1.58. The highest BCUT2D eigenvalue weighted by molar-refractivity contribution is 7.87. The maximum Gasteiger partial charge on any atom is 0.332 e. The van der Waals surface area contributed by atoms with Crippen LogP contribution in [-0.4, -0.2) is 51.6 Å². The second kappa shape index (κ2) is 5.91. The van der Waals surface area contributed by atoms with Crippen molar-refractivity contribution in [1.82, 2.24) is 5.06 Å². The van der Waals surface area contributed by atoms with Crippen molar-refractivity contribution in [3.05, 3.63) is 29.8 Å². The van der Waals surface area contributed by atoms with Crippen molar-refractivity contribution >= 4 is 16.8 Å². The van der Waals surface area contributed by atoms with Crippen molar-refractivity contribution in [2.24, 2.45) is 0 Å². The molecule has 0 aliphatic carbocycles. The summed E-state index contributed by atoms with van der Waals surface area (Å²) in [6.07, 6.45) is 0.207. The largest absolute Gasteiger partial charge is 0.431 e. The number of hydrogen-bond donors (Lipinski definition) is 0. The Hall–Kier alpha value is -1.28. The minimum Gasteiger partial charge on any atom is -0.431 e. The molecule has 0 bridgehead atoms. The minimum absolute atomic E-state index is 0.234. The highest BCUT2D eigenvalue weighted by Crippen LogP contribution is 2.50. The molecule has 24 heavy (non-hydrogen) atoms. The maximum absolute atomic E-state index is 13.5. The molecule has 0 amide bonds. The first-order valence-electron chi connectivity index (χ1n) is 8.33. The smallest absolute Gasteiger partial charge is 0.332 e. The number of carbonyl (C=O) groups excluding carboxylic acids is 1. The Morgan fingerprint density at radius 1 is 1.38 bits per heavy atom. The van der Waals surface area contributed by atoms with Gasteiger partial charge in [0.25, 0.3) is 0 Å². The number of nitrogens with zero attached hydrogens (tertiary/aromatic N) is 1. The van der Waals surface area contributed by atoms with Crippen LogP contribution in [-0.2, 0) is 29.9 Å². The van der Waals surface area contributed by atoms with Crippen molar-refractivity contribution in [2.75, 3.05) is 13.2 Å². The van der Waals surface area contributed by atoms with E-state index < -0.39 is 33.9 Å². The van der Waals surface area contributed by atoms with Gasteiger partial charge in [0, 0.05) is 18.0 Å². The zero-order valence-electron chi connectivity index (χ0n) is 13.8. The molecule has 3 heterocycles. The molecule has 4 rings (SSSR count). The molecule has 3 saturated heterocycles. The number of aryl methyl sites for hydroxylation is 1. The molecule has 0 spiro atoms. The van der Waals surface area contributed by atoms with Gasteiger partial charge in [-0.15, -0.1) is 0 Å². The Morgan fingerprint density at radius 2 is 2.12 bits per heavy atom. The summed E-state index contributed by atoms with van der Waals surface area (Å²) in [5, 5.41) is 1.81. The Balaban J connectivity index is 1.79. The van der Waals surface area contributed by atoms with Crippen LogP contribution >= 0.6 is 0 Å². The monoisotopic (exact) mass is 351 g/mol. The van der Waals surface area contributed by atoms with E-state index in [1.165, 1.54) is 0 Å². The van der Waals surface area contributed by atoms with Crippen LogP contribution in [0.1, 0.15) is 25.3 Å². The number of hydroxylamine groups is 2. The van der Waals surface area contributed by atoms with E-state index in [4.69, 9.17) is 14.3 Å². The summed E-state index contributed by atoms with van der Waals surface area (Å²) in [6.45, 7) is 4.94. The Kier molecular flexibility index (Phi) is 3.99. The number of rotatable bonds is 4. The number of benzene rings is 1. The molecule has 3 fully saturated rings. The van der Waals surface area contributed by atoms with Crippen LogP contribution in [0.15, 0.2) is 29.2 Å². The lowest BCUT2D eigenvalue weighted by molar-refractivity contribution is -0.226. The summed E-state index contributed by atoms with van der Waals surface area (Å²) in [6, 6.07) is 7.21. The summed E-state index contributed by atoms with van der Waals surface area (Å²) in [4.78, 5) is 19.5. The molecular formula is C17H21NO5S. The third kappa shape index (κ3) is 2.12. The van der Waals surface area contributed by atoms with Crippen molar-refractivity contribution in [2.45, 2.75) is 54.8 Å². The van der Waals surface area contributed by atoms with E-state index in [1.807, 2.05) is 43.2 Å². The normalized spacial score (nSPS) is 36.4. The molecule has 7 heteroatoms. The SMILES string of the molecule is CCO[C@H]1OC(=O)[C@@]2(S(=O)c3ccc(C)cc3)[C@@H]3CCCN3O[C@@H]12. The summed E-state index contributed by atoms with van der Waals surface area (Å²) in [5.74, 6) is -0.473. The average Bonchev–Trinajstić information content (AvgIpc) is 3.20. The van der Waals surface area contributed by atoms with Crippen LogP contribution in [0.5, 0.6) is 0 Å². The highest BCUT2D eigenvalue weighted by atomic mass is 32.2. The molecular weight excluding hydrogens is 330 g/mol. The molecule has 3 aliphatic rings. The zero-order valence-corrected chi connectivity index (χ0v) is 14.6. The molecule has 1 aromatic rings. The lowest BCUT2D eigenvalue weighted by Gasteiger charge is -2.27. The van der Waals surface area contributed by atoms with Crippen LogP contribution in [0.2, 0.25) is 0 Å². The van der Waals surface area contributed by atoms with Gasteiger partial charge in [0.2, 0.25) is 6.29 Å². The van der Waals surface area contributed by atoms with E-state index in [0.717, 1.165) is 24.9 Å². The van der Waals surface area contributed by atoms with Gasteiger partial charge in [-0.25, -0.2) is 0 Å². The van der Waals surface area contributed by atoms with Gasteiger partial charge >= 0.3 is 5.97 Å². The first kappa shape index (κ1) is 16.2. The quantitative estimate of drug-likeness (QED) is 0.767. The molecule has 130 valence electrons. The Morgan fingerprint density at radius 3 is 2.83 bits per heavy atom. The molecule has 1 aromatic carbocycles. The van der Waals surface area contributed by atoms with Crippen LogP contribution in [0.4, 0.5) is 0 Å². The molecule has 0 N–H and O–H groups in total. The highest BCUT2D eigenvalue weighted by Gasteiger charge is 2.73. The van der Waals surface area contributed by atoms with E-state index >= 15 is 0 Å². The molecule has 0 aromatic heterocycles. The van der Waals surface area contributed by atoms with E-state index in [9.17, 15) is 9.00 Å². The first-order valence-corrected chi connectivity index (χ1v) is 9.48. The third-order valence-corrected chi connectivity index (χ3v) is 7.02. The van der Waals surface area contributed by atoms with E-state index in [1.54, 1.807) is 0 Å².